The van der Waals surface area contributed by atoms with Gasteiger partial charge in [0.15, 0.2) is 0 Å². The molecule has 19 heavy (non-hydrogen) atoms. The second kappa shape index (κ2) is 6.51. The van der Waals surface area contributed by atoms with Crippen LogP contribution in [0.5, 0.6) is 0 Å². The number of pyridine rings is 1. The van der Waals surface area contributed by atoms with Crippen molar-refractivity contribution in [2.75, 3.05) is 12.4 Å². The second-order valence-electron chi connectivity index (χ2n) is 3.93. The first-order valence-corrected chi connectivity index (χ1v) is 5.87. The van der Waals surface area contributed by atoms with E-state index in [2.05, 4.69) is 10.3 Å². The number of aromatic nitrogens is 1. The van der Waals surface area contributed by atoms with Gasteiger partial charge in [-0.3, -0.25) is 9.82 Å². The number of anilines is 1. The van der Waals surface area contributed by atoms with Crippen molar-refractivity contribution in [3.63, 3.8) is 0 Å². The third-order valence-electron chi connectivity index (χ3n) is 2.47. The maximum absolute atomic E-state index is 11.8. The summed E-state index contributed by atoms with van der Waals surface area (Å²) >= 11 is 0. The first-order valence-electron chi connectivity index (χ1n) is 5.87. The van der Waals surface area contributed by atoms with Crippen LogP contribution in [0.15, 0.2) is 54.9 Å². The van der Waals surface area contributed by atoms with E-state index in [1.165, 1.54) is 5.06 Å². The molecule has 1 aromatic heterocycles. The van der Waals surface area contributed by atoms with Crippen molar-refractivity contribution in [3.8, 4) is 0 Å². The molecule has 2 aromatic rings. The Labute approximate surface area is 111 Å². The first-order chi connectivity index (χ1) is 9.25. The van der Waals surface area contributed by atoms with Crippen molar-refractivity contribution in [1.82, 2.24) is 10.0 Å². The summed E-state index contributed by atoms with van der Waals surface area (Å²) in [4.78, 5) is 21.1. The quantitative estimate of drug-likeness (QED) is 0.857. The predicted octanol–water partition coefficient (Wildman–Crippen LogP) is 2.68. The van der Waals surface area contributed by atoms with E-state index in [1.54, 1.807) is 31.6 Å². The first kappa shape index (κ1) is 13.0. The van der Waals surface area contributed by atoms with Crippen LogP contribution in [-0.4, -0.2) is 23.1 Å². The molecule has 0 aliphatic heterocycles. The van der Waals surface area contributed by atoms with Gasteiger partial charge in [0.1, 0.15) is 6.61 Å². The number of amides is 2. The fraction of sp³-hybridized carbons (Fsp3) is 0.143. The zero-order valence-corrected chi connectivity index (χ0v) is 10.6. The monoisotopic (exact) mass is 257 g/mol. The maximum atomic E-state index is 11.8. The Morgan fingerprint density at radius 3 is 2.74 bits per heavy atom. The molecule has 0 spiro atoms. The summed E-state index contributed by atoms with van der Waals surface area (Å²) < 4.78 is 0. The zero-order chi connectivity index (χ0) is 13.5. The van der Waals surface area contributed by atoms with Crippen molar-refractivity contribution < 1.29 is 9.63 Å². The number of hydrogen-bond donors (Lipinski definition) is 1. The molecule has 0 saturated carbocycles. The molecule has 98 valence electrons. The van der Waals surface area contributed by atoms with E-state index in [9.17, 15) is 4.79 Å². The van der Waals surface area contributed by atoms with Crippen LogP contribution >= 0.6 is 0 Å². The van der Waals surface area contributed by atoms with Gasteiger partial charge in [0.05, 0.1) is 11.9 Å². The normalized spacial score (nSPS) is 9.95. The van der Waals surface area contributed by atoms with Crippen molar-refractivity contribution in [3.05, 3.63) is 60.4 Å². The average Bonchev–Trinajstić information content (AvgIpc) is 2.47. The Morgan fingerprint density at radius 1 is 1.26 bits per heavy atom. The molecule has 0 saturated heterocycles. The molecule has 2 amide bonds. The van der Waals surface area contributed by atoms with Crippen LogP contribution < -0.4 is 5.32 Å². The largest absolute Gasteiger partial charge is 0.345 e. The molecule has 0 bridgehead atoms. The second-order valence-corrected chi connectivity index (χ2v) is 3.93. The summed E-state index contributed by atoms with van der Waals surface area (Å²) in [5, 5.41) is 3.84. The lowest BCUT2D eigenvalue weighted by Crippen LogP contribution is -2.31. The number of hydroxylamine groups is 2. The predicted molar refractivity (Wildman–Crippen MR) is 72.2 cm³/mol. The molecule has 0 fully saturated rings. The molecule has 1 heterocycles. The van der Waals surface area contributed by atoms with Gasteiger partial charge in [0.2, 0.25) is 0 Å². The van der Waals surface area contributed by atoms with Crippen LogP contribution in [0.4, 0.5) is 10.5 Å². The molecule has 0 aliphatic rings. The lowest BCUT2D eigenvalue weighted by molar-refractivity contribution is -0.105. The van der Waals surface area contributed by atoms with Gasteiger partial charge in [-0.1, -0.05) is 30.3 Å². The fourth-order valence-corrected chi connectivity index (χ4v) is 1.44. The van der Waals surface area contributed by atoms with Gasteiger partial charge in [-0.25, -0.2) is 9.86 Å². The third kappa shape index (κ3) is 4.08. The minimum Gasteiger partial charge on any atom is -0.305 e. The minimum absolute atomic E-state index is 0.344. The number of nitrogens with one attached hydrogen (secondary N) is 1. The molecule has 0 aliphatic carbocycles. The van der Waals surface area contributed by atoms with Crippen molar-refractivity contribution in [1.29, 1.82) is 0 Å². The molecule has 0 radical (unpaired) electrons. The summed E-state index contributed by atoms with van der Waals surface area (Å²) in [7, 11) is 1.56. The summed E-state index contributed by atoms with van der Waals surface area (Å²) in [6.07, 6.45) is 3.22. The highest BCUT2D eigenvalue weighted by molar-refractivity contribution is 5.88. The summed E-state index contributed by atoms with van der Waals surface area (Å²) in [6.45, 7) is 0.345. The molecule has 0 atom stereocenters. The molecule has 1 N–H and O–H groups in total. The SMILES string of the molecule is CN(OCc1ccccc1)C(=O)Nc1cccnc1. The van der Waals surface area contributed by atoms with Crippen LogP contribution in [0.25, 0.3) is 0 Å². The Bertz CT molecular complexity index is 517. The highest BCUT2D eigenvalue weighted by atomic mass is 16.7. The van der Waals surface area contributed by atoms with Gasteiger partial charge in [-0.05, 0) is 17.7 Å². The molecular weight excluding hydrogens is 242 g/mol. The zero-order valence-electron chi connectivity index (χ0n) is 10.6. The number of urea groups is 1. The smallest absolute Gasteiger partial charge is 0.305 e. The van der Waals surface area contributed by atoms with Gasteiger partial charge in [-0.2, -0.15) is 0 Å². The van der Waals surface area contributed by atoms with E-state index in [0.717, 1.165) is 5.56 Å². The number of rotatable bonds is 4. The average molecular weight is 257 g/mol. The number of carbonyl (C=O) groups is 1. The molecule has 5 nitrogen and oxygen atoms in total. The summed E-state index contributed by atoms with van der Waals surface area (Å²) in [5.74, 6) is 0. The van der Waals surface area contributed by atoms with Crippen molar-refractivity contribution in [2.45, 2.75) is 6.61 Å². The topological polar surface area (TPSA) is 54.5 Å². The standard InChI is InChI=1S/C14H15N3O2/c1-17(19-11-12-6-3-2-4-7-12)14(18)16-13-8-5-9-15-10-13/h2-10H,11H2,1H3,(H,16,18). The summed E-state index contributed by atoms with van der Waals surface area (Å²) in [5.41, 5.74) is 1.63. The molecular formula is C14H15N3O2. The van der Waals surface area contributed by atoms with E-state index in [0.29, 0.717) is 12.3 Å². The van der Waals surface area contributed by atoms with Crippen LogP contribution in [0.2, 0.25) is 0 Å². The Kier molecular flexibility index (Phi) is 4.47. The maximum Gasteiger partial charge on any atom is 0.345 e. The van der Waals surface area contributed by atoms with Gasteiger partial charge in [0.25, 0.3) is 0 Å². The number of nitrogens with zero attached hydrogens (tertiary/aromatic N) is 2. The van der Waals surface area contributed by atoms with Crippen LogP contribution in [0.1, 0.15) is 5.56 Å². The van der Waals surface area contributed by atoms with E-state index >= 15 is 0 Å². The van der Waals surface area contributed by atoms with Crippen molar-refractivity contribution in [2.24, 2.45) is 0 Å². The molecule has 1 aromatic carbocycles. The van der Waals surface area contributed by atoms with Crippen LogP contribution in [0, 0.1) is 0 Å². The Balaban J connectivity index is 1.83. The van der Waals surface area contributed by atoms with Crippen molar-refractivity contribution >= 4 is 11.7 Å². The van der Waals surface area contributed by atoms with Gasteiger partial charge < -0.3 is 5.32 Å². The van der Waals surface area contributed by atoms with Crippen LogP contribution in [-0.2, 0) is 11.4 Å². The lowest BCUT2D eigenvalue weighted by Gasteiger charge is -2.17. The highest BCUT2D eigenvalue weighted by Crippen LogP contribution is 2.06. The van der Waals surface area contributed by atoms with E-state index < -0.39 is 0 Å². The summed E-state index contributed by atoms with van der Waals surface area (Å²) in [6, 6.07) is 12.8. The lowest BCUT2D eigenvalue weighted by atomic mass is 10.2. The Morgan fingerprint density at radius 2 is 2.05 bits per heavy atom. The fourth-order valence-electron chi connectivity index (χ4n) is 1.44. The van der Waals surface area contributed by atoms with Crippen LogP contribution in [0.3, 0.4) is 0 Å². The third-order valence-corrected chi connectivity index (χ3v) is 2.47. The number of benzene rings is 1. The highest BCUT2D eigenvalue weighted by Gasteiger charge is 2.09. The molecule has 5 heteroatoms. The number of hydrogen-bond acceptors (Lipinski definition) is 3. The number of carbonyl (C=O) groups excluding carboxylic acids is 1. The van der Waals surface area contributed by atoms with Gasteiger partial charge in [-0.15, -0.1) is 0 Å². The van der Waals surface area contributed by atoms with Gasteiger partial charge >= 0.3 is 6.03 Å². The Hall–Kier alpha value is -2.40. The van der Waals surface area contributed by atoms with E-state index in [1.807, 2.05) is 30.3 Å². The van der Waals surface area contributed by atoms with E-state index in [-0.39, 0.29) is 6.03 Å². The molecule has 2 rings (SSSR count). The van der Waals surface area contributed by atoms with Gasteiger partial charge in [0, 0.05) is 13.2 Å². The molecule has 0 unspecified atom stereocenters. The minimum atomic E-state index is -0.344. The van der Waals surface area contributed by atoms with E-state index in [4.69, 9.17) is 4.84 Å².